The Balaban J connectivity index is 1.31. The van der Waals surface area contributed by atoms with Crippen molar-refractivity contribution in [3.8, 4) is 11.8 Å². The van der Waals surface area contributed by atoms with E-state index >= 15 is 0 Å². The van der Waals surface area contributed by atoms with Crippen LogP contribution in [0.2, 0.25) is 0 Å². The summed E-state index contributed by atoms with van der Waals surface area (Å²) < 4.78 is 5.37. The zero-order valence-electron chi connectivity index (χ0n) is 16.7. The van der Waals surface area contributed by atoms with Crippen LogP contribution in [0.5, 0.6) is 0 Å². The van der Waals surface area contributed by atoms with Gasteiger partial charge in [0.2, 0.25) is 0 Å². The molecule has 30 heavy (non-hydrogen) atoms. The van der Waals surface area contributed by atoms with Crippen LogP contribution in [0.15, 0.2) is 72.9 Å². The first-order valence-corrected chi connectivity index (χ1v) is 10.0. The lowest BCUT2D eigenvalue weighted by Crippen LogP contribution is -2.36. The summed E-state index contributed by atoms with van der Waals surface area (Å²) in [6.45, 7) is 3.61. The molecule has 1 N–H and O–H groups in total. The summed E-state index contributed by atoms with van der Waals surface area (Å²) in [7, 11) is 0. The first-order valence-electron chi connectivity index (χ1n) is 10.0. The van der Waals surface area contributed by atoms with Crippen molar-refractivity contribution in [2.24, 2.45) is 0 Å². The van der Waals surface area contributed by atoms with Gasteiger partial charge in [-0.3, -0.25) is 4.79 Å². The van der Waals surface area contributed by atoms with Crippen LogP contribution >= 0.6 is 0 Å². The molecule has 3 aromatic rings. The van der Waals surface area contributed by atoms with Gasteiger partial charge in [-0.1, -0.05) is 36.1 Å². The third-order valence-corrected chi connectivity index (χ3v) is 4.87. The van der Waals surface area contributed by atoms with Crippen molar-refractivity contribution in [3.63, 3.8) is 0 Å². The van der Waals surface area contributed by atoms with Crippen molar-refractivity contribution >= 4 is 11.7 Å². The second-order valence-electron chi connectivity index (χ2n) is 7.00. The molecule has 1 aromatic heterocycles. The molecule has 0 bridgehead atoms. The highest BCUT2D eigenvalue weighted by atomic mass is 16.5. The van der Waals surface area contributed by atoms with Crippen LogP contribution < -0.4 is 10.2 Å². The molecule has 1 aliphatic rings. The Labute approximate surface area is 176 Å². The van der Waals surface area contributed by atoms with Gasteiger partial charge in [-0.25, -0.2) is 4.98 Å². The summed E-state index contributed by atoms with van der Waals surface area (Å²) in [4.78, 5) is 19.1. The number of rotatable bonds is 4. The molecule has 1 aliphatic heterocycles. The summed E-state index contributed by atoms with van der Waals surface area (Å²) in [6.07, 6.45) is 1.81. The highest BCUT2D eigenvalue weighted by Gasteiger charge is 2.12. The van der Waals surface area contributed by atoms with Crippen LogP contribution in [0, 0.1) is 11.8 Å². The number of carbonyl (C=O) groups excluding carboxylic acids is 1. The van der Waals surface area contributed by atoms with Crippen LogP contribution in [-0.4, -0.2) is 37.2 Å². The highest BCUT2D eigenvalue weighted by molar-refractivity contribution is 5.94. The number of aromatic nitrogens is 1. The summed E-state index contributed by atoms with van der Waals surface area (Å²) in [5, 5.41) is 2.94. The molecule has 5 heteroatoms. The first-order chi connectivity index (χ1) is 14.8. The third-order valence-electron chi connectivity index (χ3n) is 4.87. The molecule has 1 saturated heterocycles. The zero-order chi connectivity index (χ0) is 20.6. The minimum atomic E-state index is -0.116. The number of hydrogen-bond acceptors (Lipinski definition) is 4. The van der Waals surface area contributed by atoms with E-state index in [1.807, 2.05) is 60.8 Å². The topological polar surface area (TPSA) is 54.5 Å². The van der Waals surface area contributed by atoms with E-state index in [2.05, 4.69) is 27.0 Å². The lowest BCUT2D eigenvalue weighted by atomic mass is 10.1. The molecular formula is C25H23N3O2. The van der Waals surface area contributed by atoms with Crippen molar-refractivity contribution in [1.82, 2.24) is 10.3 Å². The molecule has 0 spiro atoms. The van der Waals surface area contributed by atoms with Crippen molar-refractivity contribution in [2.45, 2.75) is 6.54 Å². The molecule has 1 fully saturated rings. The molecule has 2 heterocycles. The average Bonchev–Trinajstić information content (AvgIpc) is 2.83. The van der Waals surface area contributed by atoms with E-state index in [9.17, 15) is 4.79 Å². The molecule has 0 radical (unpaired) electrons. The van der Waals surface area contributed by atoms with Gasteiger partial charge in [0.25, 0.3) is 5.91 Å². The fourth-order valence-electron chi connectivity index (χ4n) is 3.16. The predicted octanol–water partition coefficient (Wildman–Crippen LogP) is 3.25. The largest absolute Gasteiger partial charge is 0.378 e. The van der Waals surface area contributed by atoms with Crippen LogP contribution in [0.4, 0.5) is 5.82 Å². The lowest BCUT2D eigenvalue weighted by Gasteiger charge is -2.27. The minimum Gasteiger partial charge on any atom is -0.378 e. The predicted molar refractivity (Wildman–Crippen MR) is 117 cm³/mol. The molecule has 4 rings (SSSR count). The number of morpholine rings is 1. The third kappa shape index (κ3) is 5.25. The number of nitrogens with one attached hydrogen (secondary N) is 1. The van der Waals surface area contributed by atoms with Gasteiger partial charge in [-0.2, -0.15) is 0 Å². The van der Waals surface area contributed by atoms with Gasteiger partial charge < -0.3 is 15.0 Å². The molecule has 0 saturated carbocycles. The highest BCUT2D eigenvalue weighted by Crippen LogP contribution is 2.13. The SMILES string of the molecule is O=C(NCc1ccc(N2CCOCC2)nc1)c1ccc(C#Cc2ccccc2)cc1. The number of benzene rings is 2. The van der Waals surface area contributed by atoms with Crippen LogP contribution in [0.3, 0.4) is 0 Å². The van der Waals surface area contributed by atoms with E-state index < -0.39 is 0 Å². The standard InChI is InChI=1S/C25H23N3O2/c29-25(23-11-8-21(9-12-23)7-6-20-4-2-1-3-5-20)27-19-22-10-13-24(26-18-22)28-14-16-30-17-15-28/h1-5,8-13,18H,14-17,19H2,(H,27,29). The molecule has 0 aliphatic carbocycles. The normalized spacial score (nSPS) is 13.3. The summed E-state index contributed by atoms with van der Waals surface area (Å²) in [5.41, 5.74) is 3.41. The van der Waals surface area contributed by atoms with Gasteiger partial charge in [0, 0.05) is 42.5 Å². The Hall–Kier alpha value is -3.62. The van der Waals surface area contributed by atoms with Crippen LogP contribution in [-0.2, 0) is 11.3 Å². The first kappa shape index (κ1) is 19.7. The van der Waals surface area contributed by atoms with Gasteiger partial charge in [0.05, 0.1) is 13.2 Å². The maximum Gasteiger partial charge on any atom is 0.251 e. The molecule has 5 nitrogen and oxygen atoms in total. The molecule has 1 amide bonds. The van der Waals surface area contributed by atoms with Gasteiger partial charge >= 0.3 is 0 Å². The van der Waals surface area contributed by atoms with E-state index in [0.717, 1.165) is 48.8 Å². The van der Waals surface area contributed by atoms with Crippen LogP contribution in [0.1, 0.15) is 27.0 Å². The smallest absolute Gasteiger partial charge is 0.251 e. The van der Waals surface area contributed by atoms with E-state index in [1.165, 1.54) is 0 Å². The van der Waals surface area contributed by atoms with Gasteiger partial charge in [0.1, 0.15) is 5.82 Å². The van der Waals surface area contributed by atoms with Gasteiger partial charge in [-0.05, 0) is 48.0 Å². The number of carbonyl (C=O) groups is 1. The quantitative estimate of drug-likeness (QED) is 0.687. The maximum absolute atomic E-state index is 12.4. The van der Waals surface area contributed by atoms with E-state index in [0.29, 0.717) is 12.1 Å². The Morgan fingerprint density at radius 2 is 1.63 bits per heavy atom. The second-order valence-corrected chi connectivity index (χ2v) is 7.00. The monoisotopic (exact) mass is 397 g/mol. The number of amides is 1. The van der Waals surface area contributed by atoms with Crippen molar-refractivity contribution in [1.29, 1.82) is 0 Å². The summed E-state index contributed by atoms with van der Waals surface area (Å²) in [6, 6.07) is 21.1. The van der Waals surface area contributed by atoms with Crippen molar-refractivity contribution in [3.05, 3.63) is 95.2 Å². The number of nitrogens with zero attached hydrogens (tertiary/aromatic N) is 2. The fraction of sp³-hybridized carbons (Fsp3) is 0.200. The van der Waals surface area contributed by atoms with Gasteiger partial charge in [0.15, 0.2) is 0 Å². The second kappa shape index (κ2) is 9.73. The number of pyridine rings is 1. The Kier molecular flexibility index (Phi) is 6.38. The van der Waals surface area contributed by atoms with Crippen LogP contribution in [0.25, 0.3) is 0 Å². The lowest BCUT2D eigenvalue weighted by molar-refractivity contribution is 0.0951. The zero-order valence-corrected chi connectivity index (χ0v) is 16.7. The fourth-order valence-corrected chi connectivity index (χ4v) is 3.16. The van der Waals surface area contributed by atoms with E-state index in [1.54, 1.807) is 12.1 Å². The van der Waals surface area contributed by atoms with Crippen molar-refractivity contribution in [2.75, 3.05) is 31.2 Å². The van der Waals surface area contributed by atoms with Gasteiger partial charge in [-0.15, -0.1) is 0 Å². The summed E-state index contributed by atoms with van der Waals surface area (Å²) >= 11 is 0. The minimum absolute atomic E-state index is 0.116. The number of hydrogen-bond donors (Lipinski definition) is 1. The molecule has 2 aromatic carbocycles. The maximum atomic E-state index is 12.4. The molecule has 0 atom stereocenters. The number of ether oxygens (including phenoxy) is 1. The average molecular weight is 397 g/mol. The Bertz CT molecular complexity index is 1030. The molecular weight excluding hydrogens is 374 g/mol. The molecule has 0 unspecified atom stereocenters. The van der Waals surface area contributed by atoms with E-state index in [4.69, 9.17) is 4.74 Å². The number of anilines is 1. The summed E-state index contributed by atoms with van der Waals surface area (Å²) in [5.74, 6) is 7.06. The Morgan fingerprint density at radius 3 is 2.30 bits per heavy atom. The van der Waals surface area contributed by atoms with Crippen molar-refractivity contribution < 1.29 is 9.53 Å². The molecule has 150 valence electrons. The van der Waals surface area contributed by atoms with E-state index in [-0.39, 0.29) is 5.91 Å². The Morgan fingerprint density at radius 1 is 0.933 bits per heavy atom.